The van der Waals surface area contributed by atoms with Gasteiger partial charge in [-0.25, -0.2) is 13.2 Å². The first-order valence-electron chi connectivity index (χ1n) is 5.29. The van der Waals surface area contributed by atoms with Crippen LogP contribution >= 0.6 is 15.9 Å². The van der Waals surface area contributed by atoms with Gasteiger partial charge in [0.2, 0.25) is 0 Å². The first-order chi connectivity index (χ1) is 8.00. The van der Waals surface area contributed by atoms with Gasteiger partial charge in [0.25, 0.3) is 10.4 Å². The molecule has 1 heterocycles. The summed E-state index contributed by atoms with van der Waals surface area (Å²) < 4.78 is 44.8. The summed E-state index contributed by atoms with van der Waals surface area (Å²) in [6.45, 7) is 4.10. The maximum atomic E-state index is 14.4. The SMILES string of the molecule is Cc1cc(F)c2c(c1)OC(C)(C)C(F)(Br)C2(O)F. The van der Waals surface area contributed by atoms with Crippen LogP contribution < -0.4 is 4.74 Å². The molecule has 0 aromatic heterocycles. The van der Waals surface area contributed by atoms with Gasteiger partial charge >= 0.3 is 0 Å². The molecular weight excluding hydrogens is 313 g/mol. The Hall–Kier alpha value is -0.750. The van der Waals surface area contributed by atoms with E-state index in [1.165, 1.54) is 19.9 Å². The van der Waals surface area contributed by atoms with Crippen LogP contribution in [0.4, 0.5) is 13.2 Å². The molecule has 1 aliphatic rings. The number of aryl methyl sites for hydroxylation is 1. The Labute approximate surface area is 111 Å². The molecule has 1 aromatic carbocycles. The molecule has 1 aromatic rings. The fraction of sp³-hybridized carbons (Fsp3) is 0.500. The van der Waals surface area contributed by atoms with Crippen molar-refractivity contribution >= 4 is 15.9 Å². The van der Waals surface area contributed by atoms with Crippen LogP contribution in [0, 0.1) is 12.7 Å². The van der Waals surface area contributed by atoms with Crippen LogP contribution in [0.2, 0.25) is 0 Å². The van der Waals surface area contributed by atoms with Crippen molar-refractivity contribution in [3.05, 3.63) is 29.1 Å². The van der Waals surface area contributed by atoms with E-state index >= 15 is 0 Å². The second kappa shape index (κ2) is 3.63. The van der Waals surface area contributed by atoms with Gasteiger partial charge in [-0.3, -0.25) is 0 Å². The quantitative estimate of drug-likeness (QED) is 0.740. The molecule has 18 heavy (non-hydrogen) atoms. The van der Waals surface area contributed by atoms with Gasteiger partial charge in [-0.2, -0.15) is 0 Å². The van der Waals surface area contributed by atoms with E-state index in [9.17, 15) is 18.3 Å². The van der Waals surface area contributed by atoms with Crippen molar-refractivity contribution in [1.82, 2.24) is 0 Å². The summed E-state index contributed by atoms with van der Waals surface area (Å²) in [4.78, 5) is 0. The maximum absolute atomic E-state index is 14.4. The smallest absolute Gasteiger partial charge is 0.288 e. The molecule has 6 heteroatoms. The number of hydrogen-bond acceptors (Lipinski definition) is 2. The Morgan fingerprint density at radius 3 is 2.39 bits per heavy atom. The lowest BCUT2D eigenvalue weighted by atomic mass is 9.86. The van der Waals surface area contributed by atoms with Crippen LogP contribution in [-0.2, 0) is 5.85 Å². The van der Waals surface area contributed by atoms with Gasteiger partial charge in [-0.15, -0.1) is 0 Å². The summed E-state index contributed by atoms with van der Waals surface area (Å²) in [5.41, 5.74) is -2.05. The molecule has 2 unspecified atom stereocenters. The molecule has 2 nitrogen and oxygen atoms in total. The van der Waals surface area contributed by atoms with Gasteiger partial charge in [0, 0.05) is 0 Å². The van der Waals surface area contributed by atoms with Gasteiger partial charge in [-0.05, 0) is 54.4 Å². The molecule has 0 saturated heterocycles. The minimum Gasteiger partial charge on any atom is -0.483 e. The van der Waals surface area contributed by atoms with Crippen molar-refractivity contribution in [1.29, 1.82) is 0 Å². The molecule has 2 atom stereocenters. The van der Waals surface area contributed by atoms with Crippen molar-refractivity contribution in [3.63, 3.8) is 0 Å². The van der Waals surface area contributed by atoms with Gasteiger partial charge in [0.1, 0.15) is 11.6 Å². The highest BCUT2D eigenvalue weighted by Crippen LogP contribution is 2.57. The number of ether oxygens (including phenoxy) is 1. The van der Waals surface area contributed by atoms with Crippen LogP contribution in [0.3, 0.4) is 0 Å². The topological polar surface area (TPSA) is 29.5 Å². The van der Waals surface area contributed by atoms with Crippen LogP contribution in [0.1, 0.15) is 25.0 Å². The summed E-state index contributed by atoms with van der Waals surface area (Å²) >= 11 is 2.47. The third kappa shape index (κ3) is 1.58. The summed E-state index contributed by atoms with van der Waals surface area (Å²) in [6, 6.07) is 2.36. The molecule has 1 N–H and O–H groups in total. The Bertz CT molecular complexity index is 512. The standard InChI is InChI=1S/C12H12BrF3O2/c1-6-4-7(14)9-8(5-6)18-10(2,3)12(13,16)11(9,15)17/h4-5,17H,1-3H3. The predicted octanol–water partition coefficient (Wildman–Crippen LogP) is 3.48. The second-order valence-corrected chi connectivity index (χ2v) is 6.02. The molecule has 0 bridgehead atoms. The molecule has 0 amide bonds. The fourth-order valence-corrected chi connectivity index (χ4v) is 2.29. The van der Waals surface area contributed by atoms with Crippen molar-refractivity contribution in [2.75, 3.05) is 0 Å². The highest BCUT2D eigenvalue weighted by Gasteiger charge is 2.67. The van der Waals surface area contributed by atoms with Crippen molar-refractivity contribution in [2.45, 2.75) is 36.8 Å². The molecule has 2 rings (SSSR count). The van der Waals surface area contributed by atoms with Gasteiger partial charge in [0.05, 0.1) is 5.56 Å². The van der Waals surface area contributed by atoms with Crippen molar-refractivity contribution < 1.29 is 23.0 Å². The maximum Gasteiger partial charge on any atom is 0.288 e. The zero-order chi connectivity index (χ0) is 13.9. The fourth-order valence-electron chi connectivity index (χ4n) is 2.01. The number of benzene rings is 1. The Morgan fingerprint density at radius 1 is 1.28 bits per heavy atom. The third-order valence-corrected chi connectivity index (χ3v) is 4.55. The zero-order valence-electron chi connectivity index (χ0n) is 10.0. The molecular formula is C12H12BrF3O2. The largest absolute Gasteiger partial charge is 0.483 e. The zero-order valence-corrected chi connectivity index (χ0v) is 11.6. The minimum absolute atomic E-state index is 0.199. The average Bonchev–Trinajstić information content (AvgIpc) is 2.12. The van der Waals surface area contributed by atoms with E-state index in [1.807, 2.05) is 0 Å². The van der Waals surface area contributed by atoms with E-state index in [-0.39, 0.29) is 5.75 Å². The van der Waals surface area contributed by atoms with Crippen LogP contribution in [0.25, 0.3) is 0 Å². The lowest BCUT2D eigenvalue weighted by Gasteiger charge is -2.46. The van der Waals surface area contributed by atoms with Crippen molar-refractivity contribution in [3.8, 4) is 5.75 Å². The number of aliphatic hydroxyl groups is 1. The lowest BCUT2D eigenvalue weighted by Crippen LogP contribution is -2.61. The first kappa shape index (κ1) is 13.7. The molecule has 0 aliphatic carbocycles. The molecule has 1 aliphatic heterocycles. The summed E-state index contributed by atoms with van der Waals surface area (Å²) in [7, 11) is 0. The summed E-state index contributed by atoms with van der Waals surface area (Å²) in [5.74, 6) is -4.77. The number of fused-ring (bicyclic) bond motifs is 1. The second-order valence-electron chi connectivity index (χ2n) is 4.93. The predicted molar refractivity (Wildman–Crippen MR) is 63.6 cm³/mol. The number of hydrogen-bond donors (Lipinski definition) is 1. The van der Waals surface area contributed by atoms with E-state index in [0.29, 0.717) is 5.56 Å². The number of alkyl halides is 3. The number of halogens is 4. The van der Waals surface area contributed by atoms with E-state index in [0.717, 1.165) is 6.07 Å². The molecule has 0 fully saturated rings. The Kier molecular flexibility index (Phi) is 2.76. The highest BCUT2D eigenvalue weighted by atomic mass is 79.9. The van der Waals surface area contributed by atoms with E-state index in [2.05, 4.69) is 15.9 Å². The van der Waals surface area contributed by atoms with E-state index < -0.39 is 27.4 Å². The monoisotopic (exact) mass is 324 g/mol. The van der Waals surface area contributed by atoms with Crippen molar-refractivity contribution in [2.24, 2.45) is 0 Å². The lowest BCUT2D eigenvalue weighted by molar-refractivity contribution is -0.227. The molecule has 0 saturated carbocycles. The first-order valence-corrected chi connectivity index (χ1v) is 6.09. The van der Waals surface area contributed by atoms with Gasteiger partial charge in [-0.1, -0.05) is 0 Å². The minimum atomic E-state index is -3.53. The molecule has 0 radical (unpaired) electrons. The van der Waals surface area contributed by atoms with E-state index in [1.54, 1.807) is 6.92 Å². The summed E-state index contributed by atoms with van der Waals surface area (Å²) in [5, 5.41) is 9.75. The van der Waals surface area contributed by atoms with E-state index in [4.69, 9.17) is 4.74 Å². The van der Waals surface area contributed by atoms with Gasteiger partial charge < -0.3 is 9.84 Å². The Morgan fingerprint density at radius 2 is 1.83 bits per heavy atom. The third-order valence-electron chi connectivity index (χ3n) is 3.07. The Balaban J connectivity index is 2.77. The molecule has 0 spiro atoms. The normalized spacial score (nSPS) is 33.8. The van der Waals surface area contributed by atoms with Crippen LogP contribution in [0.15, 0.2) is 12.1 Å². The van der Waals surface area contributed by atoms with Crippen LogP contribution in [0.5, 0.6) is 5.75 Å². The number of rotatable bonds is 0. The van der Waals surface area contributed by atoms with Crippen LogP contribution in [-0.4, -0.2) is 15.3 Å². The highest BCUT2D eigenvalue weighted by molar-refractivity contribution is 9.10. The molecule has 100 valence electrons. The summed E-state index contributed by atoms with van der Waals surface area (Å²) in [6.07, 6.45) is 0. The average molecular weight is 325 g/mol. The van der Waals surface area contributed by atoms with Gasteiger partial charge in [0.15, 0.2) is 5.60 Å².